The van der Waals surface area contributed by atoms with E-state index in [1.54, 1.807) is 11.8 Å². The molecule has 1 fully saturated rings. The molecular weight excluding hydrogens is 394 g/mol. The van der Waals surface area contributed by atoms with Crippen molar-refractivity contribution in [3.8, 4) is 5.75 Å². The van der Waals surface area contributed by atoms with Gasteiger partial charge in [0, 0.05) is 47.7 Å². The highest BCUT2D eigenvalue weighted by molar-refractivity contribution is 6.45. The molecule has 1 unspecified atom stereocenters. The molecule has 160 valence electrons. The van der Waals surface area contributed by atoms with Gasteiger partial charge in [0.2, 0.25) is 5.91 Å². The predicted molar refractivity (Wildman–Crippen MR) is 118 cm³/mol. The van der Waals surface area contributed by atoms with Crippen LogP contribution in [0.25, 0.3) is 10.9 Å². The molecule has 31 heavy (non-hydrogen) atoms. The number of ether oxygens (including phenoxy) is 1. The van der Waals surface area contributed by atoms with E-state index in [1.165, 1.54) is 0 Å². The molecule has 0 radical (unpaired) electrons. The summed E-state index contributed by atoms with van der Waals surface area (Å²) in [4.78, 5) is 42.6. The molecule has 0 bridgehead atoms. The quantitative estimate of drug-likeness (QED) is 0.454. The number of ketones is 1. The summed E-state index contributed by atoms with van der Waals surface area (Å²) in [5.74, 6) is -0.516. The highest BCUT2D eigenvalue weighted by atomic mass is 16.5. The molecule has 1 aliphatic rings. The first-order valence-electron chi connectivity index (χ1n) is 10.4. The number of nitrogens with zero attached hydrogens (tertiary/aromatic N) is 1. The third-order valence-electron chi connectivity index (χ3n) is 5.54. The van der Waals surface area contributed by atoms with Crippen molar-refractivity contribution in [2.24, 2.45) is 5.92 Å². The van der Waals surface area contributed by atoms with Crippen LogP contribution in [0.1, 0.15) is 29.4 Å². The molecule has 4 rings (SSSR count). The third kappa shape index (κ3) is 4.17. The molecule has 1 aromatic heterocycles. The summed E-state index contributed by atoms with van der Waals surface area (Å²) in [7, 11) is 0. The maximum Gasteiger partial charge on any atom is 0.292 e. The number of H-pyrrole nitrogens is 1. The fraction of sp³-hybridized carbons (Fsp3) is 0.292. The Morgan fingerprint density at radius 2 is 1.90 bits per heavy atom. The fourth-order valence-corrected chi connectivity index (χ4v) is 4.06. The van der Waals surface area contributed by atoms with E-state index in [0.29, 0.717) is 30.8 Å². The largest absolute Gasteiger partial charge is 0.494 e. The minimum atomic E-state index is -0.653. The average molecular weight is 419 g/mol. The van der Waals surface area contributed by atoms with Crippen LogP contribution < -0.4 is 15.0 Å². The monoisotopic (exact) mass is 419 g/mol. The number of anilines is 1. The van der Waals surface area contributed by atoms with Crippen molar-refractivity contribution in [3.05, 3.63) is 59.8 Å². The van der Waals surface area contributed by atoms with Gasteiger partial charge >= 0.3 is 0 Å². The van der Waals surface area contributed by atoms with Crippen LogP contribution in [0.15, 0.2) is 48.5 Å². The van der Waals surface area contributed by atoms with E-state index in [2.05, 4.69) is 10.3 Å². The van der Waals surface area contributed by atoms with Crippen LogP contribution in [-0.2, 0) is 9.59 Å². The number of benzene rings is 2. The van der Waals surface area contributed by atoms with Crippen molar-refractivity contribution >= 4 is 34.2 Å². The van der Waals surface area contributed by atoms with E-state index >= 15 is 0 Å². The molecule has 2 heterocycles. The van der Waals surface area contributed by atoms with E-state index < -0.39 is 11.7 Å². The molecule has 0 saturated carbocycles. The second-order valence-electron chi connectivity index (χ2n) is 7.71. The first kappa shape index (κ1) is 20.7. The molecule has 1 aliphatic heterocycles. The second kappa shape index (κ2) is 8.63. The molecule has 7 nitrogen and oxygen atoms in total. The molecule has 2 N–H and O–H groups in total. The van der Waals surface area contributed by atoms with Crippen LogP contribution in [0, 0.1) is 12.8 Å². The van der Waals surface area contributed by atoms with Gasteiger partial charge in [-0.05, 0) is 44.2 Å². The third-order valence-corrected chi connectivity index (χ3v) is 5.54. The van der Waals surface area contributed by atoms with Crippen molar-refractivity contribution in [2.75, 3.05) is 24.6 Å². The van der Waals surface area contributed by atoms with Gasteiger partial charge in [-0.1, -0.05) is 18.2 Å². The summed E-state index contributed by atoms with van der Waals surface area (Å²) in [6.45, 7) is 5.05. The summed E-state index contributed by atoms with van der Waals surface area (Å²) >= 11 is 0. The van der Waals surface area contributed by atoms with Crippen molar-refractivity contribution in [2.45, 2.75) is 20.3 Å². The molecule has 1 saturated heterocycles. The highest BCUT2D eigenvalue weighted by Gasteiger charge is 2.31. The lowest BCUT2D eigenvalue weighted by molar-refractivity contribution is -0.118. The number of fused-ring (bicyclic) bond motifs is 1. The molecular formula is C24H25N3O4. The summed E-state index contributed by atoms with van der Waals surface area (Å²) in [5, 5.41) is 3.46. The maximum absolute atomic E-state index is 12.8. The number of aryl methyl sites for hydroxylation is 1. The van der Waals surface area contributed by atoms with E-state index in [9.17, 15) is 14.4 Å². The Hall–Kier alpha value is -3.61. The molecule has 0 spiro atoms. The fourth-order valence-electron chi connectivity index (χ4n) is 4.06. The van der Waals surface area contributed by atoms with Gasteiger partial charge in [0.1, 0.15) is 5.75 Å². The molecule has 2 amide bonds. The van der Waals surface area contributed by atoms with Gasteiger partial charge in [-0.25, -0.2) is 0 Å². The SMILES string of the molecule is CCOc1ccc(N2CC(CNC(=O)C(=O)c3c(C)[nH]c4ccccc34)CC2=O)cc1. The number of carbonyl (C=O) groups is 3. The number of hydrogen-bond acceptors (Lipinski definition) is 4. The van der Waals surface area contributed by atoms with E-state index in [4.69, 9.17) is 4.74 Å². The predicted octanol–water partition coefficient (Wildman–Crippen LogP) is 3.23. The number of amides is 2. The van der Waals surface area contributed by atoms with Crippen molar-refractivity contribution in [1.82, 2.24) is 10.3 Å². The Bertz CT molecular complexity index is 1130. The zero-order valence-electron chi connectivity index (χ0n) is 17.6. The number of nitrogens with one attached hydrogen (secondary N) is 2. The lowest BCUT2D eigenvalue weighted by atomic mass is 10.1. The minimum absolute atomic E-state index is 0.00204. The van der Waals surface area contributed by atoms with Crippen LogP contribution in [0.5, 0.6) is 5.75 Å². The lowest BCUT2D eigenvalue weighted by Crippen LogP contribution is -2.36. The zero-order valence-corrected chi connectivity index (χ0v) is 17.6. The lowest BCUT2D eigenvalue weighted by Gasteiger charge is -2.17. The second-order valence-corrected chi connectivity index (χ2v) is 7.71. The standard InChI is InChI=1S/C24H25N3O4/c1-3-31-18-10-8-17(9-11-18)27-14-16(12-21(27)28)13-25-24(30)23(29)22-15(2)26-20-7-5-4-6-19(20)22/h4-11,16,26H,3,12-14H2,1-2H3,(H,25,30). The Balaban J connectivity index is 1.38. The van der Waals surface area contributed by atoms with E-state index in [1.807, 2.05) is 55.5 Å². The summed E-state index contributed by atoms with van der Waals surface area (Å²) in [6, 6.07) is 14.8. The number of para-hydroxylation sites is 1. The number of carbonyl (C=O) groups excluding carboxylic acids is 3. The Morgan fingerprint density at radius 3 is 2.65 bits per heavy atom. The molecule has 7 heteroatoms. The van der Waals surface area contributed by atoms with Gasteiger partial charge in [-0.15, -0.1) is 0 Å². The van der Waals surface area contributed by atoms with Crippen molar-refractivity contribution in [1.29, 1.82) is 0 Å². The normalized spacial score (nSPS) is 16.0. The van der Waals surface area contributed by atoms with E-state index in [-0.39, 0.29) is 18.4 Å². The van der Waals surface area contributed by atoms with Gasteiger partial charge in [0.15, 0.2) is 0 Å². The van der Waals surface area contributed by atoms with Crippen LogP contribution in [0.3, 0.4) is 0 Å². The topological polar surface area (TPSA) is 91.5 Å². The molecule has 2 aromatic carbocycles. The summed E-state index contributed by atoms with van der Waals surface area (Å²) in [5.41, 5.74) is 2.68. The Labute approximate surface area is 180 Å². The van der Waals surface area contributed by atoms with Gasteiger partial charge in [-0.3, -0.25) is 14.4 Å². The number of aromatic nitrogens is 1. The van der Waals surface area contributed by atoms with Gasteiger partial charge in [0.25, 0.3) is 11.7 Å². The molecule has 0 aliphatic carbocycles. The van der Waals surface area contributed by atoms with Crippen molar-refractivity contribution < 1.29 is 19.1 Å². The summed E-state index contributed by atoms with van der Waals surface area (Å²) < 4.78 is 5.44. The maximum atomic E-state index is 12.8. The summed E-state index contributed by atoms with van der Waals surface area (Å²) in [6.07, 6.45) is 0.327. The van der Waals surface area contributed by atoms with Gasteiger partial charge in [-0.2, -0.15) is 0 Å². The number of Topliss-reactive ketones (excluding diaryl/α,β-unsaturated/α-hetero) is 1. The van der Waals surface area contributed by atoms with Gasteiger partial charge < -0.3 is 19.9 Å². The Morgan fingerprint density at radius 1 is 1.16 bits per heavy atom. The van der Waals surface area contributed by atoms with Gasteiger partial charge in [0.05, 0.1) is 12.2 Å². The first-order valence-corrected chi connectivity index (χ1v) is 10.4. The smallest absolute Gasteiger partial charge is 0.292 e. The minimum Gasteiger partial charge on any atom is -0.494 e. The number of hydrogen-bond donors (Lipinski definition) is 2. The molecule has 1 atom stereocenters. The van der Waals surface area contributed by atoms with Crippen molar-refractivity contribution in [3.63, 3.8) is 0 Å². The highest BCUT2D eigenvalue weighted by Crippen LogP contribution is 2.27. The van der Waals surface area contributed by atoms with E-state index in [0.717, 1.165) is 22.3 Å². The van der Waals surface area contributed by atoms with Crippen LogP contribution >= 0.6 is 0 Å². The number of aromatic amines is 1. The number of rotatable bonds is 7. The Kier molecular flexibility index (Phi) is 5.75. The first-order chi connectivity index (χ1) is 15.0. The average Bonchev–Trinajstić information content (AvgIpc) is 3.31. The van der Waals surface area contributed by atoms with Crippen LogP contribution in [-0.4, -0.2) is 42.3 Å². The molecule has 3 aromatic rings. The zero-order chi connectivity index (χ0) is 22.0. The van der Waals surface area contributed by atoms with Crippen LogP contribution in [0.2, 0.25) is 0 Å². The van der Waals surface area contributed by atoms with Crippen LogP contribution in [0.4, 0.5) is 5.69 Å².